The van der Waals surface area contributed by atoms with Crippen LogP contribution in [0.25, 0.3) is 0 Å². The number of amides is 1. The molecule has 1 heterocycles. The van der Waals surface area contributed by atoms with E-state index in [1.54, 1.807) is 38.5 Å². The number of carbonyl (C=O) groups excluding carboxylic acids is 1. The molecule has 4 rings (SSSR count). The average Bonchev–Trinajstić information content (AvgIpc) is 2.80. The lowest BCUT2D eigenvalue weighted by Gasteiger charge is -2.52. The van der Waals surface area contributed by atoms with Crippen molar-refractivity contribution in [3.8, 4) is 11.5 Å². The van der Waals surface area contributed by atoms with Crippen LogP contribution >= 0.6 is 11.6 Å². The fourth-order valence-corrected chi connectivity index (χ4v) is 5.45. The van der Waals surface area contributed by atoms with Gasteiger partial charge in [0.15, 0.2) is 0 Å². The van der Waals surface area contributed by atoms with Crippen molar-refractivity contribution in [2.75, 3.05) is 32.6 Å². The number of nitrogens with zero attached hydrogens (tertiary/aromatic N) is 1. The maximum Gasteiger partial charge on any atom is 0.238 e. The molecule has 0 unspecified atom stereocenters. The van der Waals surface area contributed by atoms with Gasteiger partial charge in [-0.25, -0.2) is 0 Å². The number of rotatable bonds is 6. The molecule has 1 aliphatic heterocycles. The van der Waals surface area contributed by atoms with Crippen molar-refractivity contribution in [2.24, 2.45) is 5.92 Å². The first-order chi connectivity index (χ1) is 15.4. The fourth-order valence-electron chi connectivity index (χ4n) is 5.32. The maximum absolute atomic E-state index is 13.0. The van der Waals surface area contributed by atoms with E-state index in [1.807, 2.05) is 18.2 Å². The minimum absolute atomic E-state index is 0.0225. The summed E-state index contributed by atoms with van der Waals surface area (Å²) in [7, 11) is 3.29. The number of hydrogen-bond acceptors (Lipinski definition) is 5. The minimum atomic E-state index is -0.722. The third kappa shape index (κ3) is 4.72. The summed E-state index contributed by atoms with van der Waals surface area (Å²) < 4.78 is 11.2. The summed E-state index contributed by atoms with van der Waals surface area (Å²) in [5, 5.41) is 15.1. The molecular formula is C25H31ClN2O4. The van der Waals surface area contributed by atoms with E-state index < -0.39 is 5.60 Å². The molecule has 2 aliphatic rings. The number of nitrogens with one attached hydrogen (secondary N) is 1. The number of likely N-dealkylation sites (tertiary alicyclic amines) is 1. The van der Waals surface area contributed by atoms with Crippen molar-refractivity contribution in [1.82, 2.24) is 4.90 Å². The van der Waals surface area contributed by atoms with Gasteiger partial charge in [-0.2, -0.15) is 0 Å². The number of carbonyl (C=O) groups is 1. The summed E-state index contributed by atoms with van der Waals surface area (Å²) >= 11 is 5.96. The van der Waals surface area contributed by atoms with Crippen LogP contribution < -0.4 is 14.8 Å². The standard InChI is InChI=1S/C25H31ClN2O4/c1-31-19-10-11-22(32-2)20(15-19)24-21-5-3-4-12-25(21,30)13-14-28(24)16-23(29)27-18-8-6-17(26)7-9-18/h6-11,15,21,24,30H,3-5,12-14,16H2,1-2H3,(H,27,29)/t21-,24+,25+/m1/s1. The second kappa shape index (κ2) is 9.69. The second-order valence-corrected chi connectivity index (χ2v) is 9.22. The van der Waals surface area contributed by atoms with Crippen LogP contribution in [0.2, 0.25) is 5.02 Å². The Morgan fingerprint density at radius 1 is 1.16 bits per heavy atom. The Bertz CT molecular complexity index is 951. The zero-order chi connectivity index (χ0) is 22.7. The van der Waals surface area contributed by atoms with Crippen LogP contribution in [-0.4, -0.2) is 48.8 Å². The lowest BCUT2D eigenvalue weighted by atomic mass is 9.66. The Kier molecular flexibility index (Phi) is 6.93. The van der Waals surface area contributed by atoms with Gasteiger partial charge in [0, 0.05) is 34.8 Å². The van der Waals surface area contributed by atoms with E-state index >= 15 is 0 Å². The molecule has 0 spiro atoms. The molecule has 0 bridgehead atoms. The topological polar surface area (TPSA) is 71.0 Å². The van der Waals surface area contributed by atoms with E-state index in [-0.39, 0.29) is 24.4 Å². The molecule has 6 nitrogen and oxygen atoms in total. The summed E-state index contributed by atoms with van der Waals surface area (Å²) in [6.45, 7) is 0.853. The van der Waals surface area contributed by atoms with Crippen LogP contribution in [0.15, 0.2) is 42.5 Å². The lowest BCUT2D eigenvalue weighted by Crippen LogP contribution is -2.56. The van der Waals surface area contributed by atoms with Gasteiger partial charge in [0.2, 0.25) is 5.91 Å². The smallest absolute Gasteiger partial charge is 0.238 e. The molecule has 7 heteroatoms. The number of anilines is 1. The first-order valence-corrected chi connectivity index (χ1v) is 11.5. The molecule has 32 heavy (non-hydrogen) atoms. The van der Waals surface area contributed by atoms with E-state index in [0.29, 0.717) is 23.7 Å². The SMILES string of the molecule is COc1ccc(OC)c([C@H]2[C@H]3CCCC[C@]3(O)CCN2CC(=O)Nc2ccc(Cl)cc2)c1. The summed E-state index contributed by atoms with van der Waals surface area (Å²) in [6, 6.07) is 12.7. The van der Waals surface area contributed by atoms with Crippen molar-refractivity contribution < 1.29 is 19.4 Å². The molecule has 1 aliphatic carbocycles. The number of ether oxygens (including phenoxy) is 2. The molecule has 1 saturated carbocycles. The second-order valence-electron chi connectivity index (χ2n) is 8.78. The molecule has 1 amide bonds. The van der Waals surface area contributed by atoms with Crippen molar-refractivity contribution in [2.45, 2.75) is 43.7 Å². The van der Waals surface area contributed by atoms with Gasteiger partial charge >= 0.3 is 0 Å². The molecule has 3 atom stereocenters. The van der Waals surface area contributed by atoms with Crippen LogP contribution in [0.5, 0.6) is 11.5 Å². The maximum atomic E-state index is 13.0. The number of fused-ring (bicyclic) bond motifs is 1. The van der Waals surface area contributed by atoms with Crippen LogP contribution in [0.1, 0.15) is 43.7 Å². The highest BCUT2D eigenvalue weighted by atomic mass is 35.5. The largest absolute Gasteiger partial charge is 0.497 e. The van der Waals surface area contributed by atoms with E-state index in [1.165, 1.54) is 0 Å². The Balaban J connectivity index is 1.64. The molecular weight excluding hydrogens is 428 g/mol. The normalized spacial score (nSPS) is 25.6. The van der Waals surface area contributed by atoms with Gasteiger partial charge < -0.3 is 19.9 Å². The minimum Gasteiger partial charge on any atom is -0.497 e. The Hall–Kier alpha value is -2.28. The van der Waals surface area contributed by atoms with Gasteiger partial charge in [-0.3, -0.25) is 9.69 Å². The quantitative estimate of drug-likeness (QED) is 0.658. The zero-order valence-corrected chi connectivity index (χ0v) is 19.4. The van der Waals surface area contributed by atoms with Crippen LogP contribution in [0.4, 0.5) is 5.69 Å². The summed E-state index contributed by atoms with van der Waals surface area (Å²) in [6.07, 6.45) is 4.48. The average molecular weight is 459 g/mol. The van der Waals surface area contributed by atoms with Crippen molar-refractivity contribution >= 4 is 23.2 Å². The number of hydrogen-bond donors (Lipinski definition) is 2. The van der Waals surface area contributed by atoms with Gasteiger partial charge in [-0.15, -0.1) is 0 Å². The van der Waals surface area contributed by atoms with Crippen molar-refractivity contribution in [3.05, 3.63) is 53.1 Å². The lowest BCUT2D eigenvalue weighted by molar-refractivity contribution is -0.135. The molecule has 172 valence electrons. The Labute approximate surface area is 194 Å². The van der Waals surface area contributed by atoms with E-state index in [9.17, 15) is 9.90 Å². The van der Waals surface area contributed by atoms with E-state index in [4.69, 9.17) is 21.1 Å². The van der Waals surface area contributed by atoms with Gasteiger partial charge in [0.25, 0.3) is 0 Å². The highest BCUT2D eigenvalue weighted by Gasteiger charge is 2.50. The summed E-state index contributed by atoms with van der Waals surface area (Å²) in [5.41, 5.74) is 0.942. The third-order valence-electron chi connectivity index (χ3n) is 6.90. The highest BCUT2D eigenvalue weighted by Crippen LogP contribution is 2.51. The van der Waals surface area contributed by atoms with Gasteiger partial charge in [0.05, 0.1) is 26.4 Å². The number of benzene rings is 2. The third-order valence-corrected chi connectivity index (χ3v) is 7.15. The van der Waals surface area contributed by atoms with Gasteiger partial charge in [-0.05, 0) is 61.7 Å². The fraction of sp³-hybridized carbons (Fsp3) is 0.480. The van der Waals surface area contributed by atoms with Crippen LogP contribution in [-0.2, 0) is 4.79 Å². The van der Waals surface area contributed by atoms with Crippen molar-refractivity contribution in [1.29, 1.82) is 0 Å². The van der Waals surface area contributed by atoms with Crippen LogP contribution in [0.3, 0.4) is 0 Å². The molecule has 2 fully saturated rings. The summed E-state index contributed by atoms with van der Waals surface area (Å²) in [4.78, 5) is 15.1. The number of piperidine rings is 1. The monoisotopic (exact) mass is 458 g/mol. The van der Waals surface area contributed by atoms with Crippen molar-refractivity contribution in [3.63, 3.8) is 0 Å². The summed E-state index contributed by atoms with van der Waals surface area (Å²) in [5.74, 6) is 1.40. The predicted octanol–water partition coefficient (Wildman–Crippen LogP) is 4.66. The first kappa shape index (κ1) is 22.9. The molecule has 2 aromatic rings. The Morgan fingerprint density at radius 2 is 1.94 bits per heavy atom. The van der Waals surface area contributed by atoms with E-state index in [0.717, 1.165) is 42.7 Å². The molecule has 0 radical (unpaired) electrons. The van der Waals surface area contributed by atoms with Gasteiger partial charge in [0.1, 0.15) is 11.5 Å². The van der Waals surface area contributed by atoms with Gasteiger partial charge in [-0.1, -0.05) is 24.4 Å². The molecule has 2 aromatic carbocycles. The number of aliphatic hydroxyl groups is 1. The first-order valence-electron chi connectivity index (χ1n) is 11.2. The number of halogens is 1. The highest BCUT2D eigenvalue weighted by molar-refractivity contribution is 6.30. The molecule has 2 N–H and O–H groups in total. The van der Waals surface area contributed by atoms with E-state index in [2.05, 4.69) is 10.2 Å². The Morgan fingerprint density at radius 3 is 2.66 bits per heavy atom. The predicted molar refractivity (Wildman–Crippen MR) is 125 cm³/mol. The van der Waals surface area contributed by atoms with Crippen LogP contribution in [0, 0.1) is 5.92 Å². The zero-order valence-electron chi connectivity index (χ0n) is 18.6. The number of methoxy groups -OCH3 is 2. The molecule has 1 saturated heterocycles. The molecule has 0 aromatic heterocycles.